The van der Waals surface area contributed by atoms with Gasteiger partial charge in [-0.3, -0.25) is 0 Å². The molecule has 0 aliphatic heterocycles. The van der Waals surface area contributed by atoms with Gasteiger partial charge < -0.3 is 5.73 Å². The van der Waals surface area contributed by atoms with Crippen molar-refractivity contribution in [2.75, 3.05) is 5.73 Å². The number of hydrogen-bond donors (Lipinski definition) is 1. The Labute approximate surface area is 69.9 Å². The van der Waals surface area contributed by atoms with E-state index < -0.39 is 0 Å². The zero-order valence-corrected chi connectivity index (χ0v) is 6.84. The normalized spacial score (nSPS) is 10.7. The van der Waals surface area contributed by atoms with E-state index in [1.165, 1.54) is 6.33 Å². The van der Waals surface area contributed by atoms with Crippen LogP contribution in [0, 0.1) is 0 Å². The number of nitrogens with zero attached hydrogens (tertiary/aromatic N) is 2. The average Bonchev–Trinajstić information content (AvgIpc) is 1.97. The SMILES string of the molecule is C/C=C/c1c(N)ncnc1Cl. The highest BCUT2D eigenvalue weighted by Gasteiger charge is 2.01. The monoisotopic (exact) mass is 169 g/mol. The van der Waals surface area contributed by atoms with Crippen molar-refractivity contribution < 1.29 is 0 Å². The van der Waals surface area contributed by atoms with Gasteiger partial charge >= 0.3 is 0 Å². The Morgan fingerprint density at radius 3 is 2.82 bits per heavy atom. The highest BCUT2D eigenvalue weighted by Crippen LogP contribution is 2.18. The smallest absolute Gasteiger partial charge is 0.141 e. The molecule has 11 heavy (non-hydrogen) atoms. The van der Waals surface area contributed by atoms with Crippen LogP contribution in [0.5, 0.6) is 0 Å². The Morgan fingerprint density at radius 1 is 1.55 bits per heavy atom. The Morgan fingerprint density at radius 2 is 2.27 bits per heavy atom. The molecule has 0 bridgehead atoms. The predicted molar refractivity (Wildman–Crippen MR) is 46.2 cm³/mol. The van der Waals surface area contributed by atoms with E-state index in [0.29, 0.717) is 16.5 Å². The van der Waals surface area contributed by atoms with Crippen LogP contribution in [0.2, 0.25) is 5.15 Å². The molecule has 2 N–H and O–H groups in total. The largest absolute Gasteiger partial charge is 0.383 e. The van der Waals surface area contributed by atoms with E-state index in [1.807, 2.05) is 13.0 Å². The summed E-state index contributed by atoms with van der Waals surface area (Å²) >= 11 is 5.73. The number of allylic oxidation sites excluding steroid dienone is 1. The molecule has 0 aromatic carbocycles. The minimum atomic E-state index is 0.385. The Kier molecular flexibility index (Phi) is 2.44. The van der Waals surface area contributed by atoms with E-state index in [2.05, 4.69) is 9.97 Å². The summed E-state index contributed by atoms with van der Waals surface area (Å²) in [5.74, 6) is 0.406. The molecule has 0 saturated carbocycles. The molecule has 0 radical (unpaired) electrons. The highest BCUT2D eigenvalue weighted by molar-refractivity contribution is 6.31. The summed E-state index contributed by atoms with van der Waals surface area (Å²) in [4.78, 5) is 7.57. The van der Waals surface area contributed by atoms with E-state index >= 15 is 0 Å². The lowest BCUT2D eigenvalue weighted by Crippen LogP contribution is -1.95. The van der Waals surface area contributed by atoms with Crippen LogP contribution in [-0.4, -0.2) is 9.97 Å². The van der Waals surface area contributed by atoms with E-state index in [4.69, 9.17) is 17.3 Å². The van der Waals surface area contributed by atoms with Crippen molar-refractivity contribution in [3.05, 3.63) is 23.1 Å². The molecule has 0 saturated heterocycles. The summed E-state index contributed by atoms with van der Waals surface area (Å²) in [6.07, 6.45) is 4.95. The van der Waals surface area contributed by atoms with Gasteiger partial charge in [0.2, 0.25) is 0 Å². The van der Waals surface area contributed by atoms with E-state index in [-0.39, 0.29) is 0 Å². The second kappa shape index (κ2) is 3.34. The fourth-order valence-electron chi connectivity index (χ4n) is 0.707. The third-order valence-electron chi connectivity index (χ3n) is 1.20. The molecule has 0 unspecified atom stereocenters. The maximum absolute atomic E-state index is 5.73. The van der Waals surface area contributed by atoms with Crippen molar-refractivity contribution in [3.63, 3.8) is 0 Å². The number of halogens is 1. The molecule has 1 heterocycles. The zero-order valence-electron chi connectivity index (χ0n) is 6.08. The number of nitrogen functional groups attached to an aromatic ring is 1. The van der Waals surface area contributed by atoms with Gasteiger partial charge in [0.05, 0.1) is 5.56 Å². The Hall–Kier alpha value is -1.09. The number of hydrogen-bond acceptors (Lipinski definition) is 3. The Balaban J connectivity index is 3.20. The van der Waals surface area contributed by atoms with Crippen LogP contribution in [0.25, 0.3) is 6.08 Å². The van der Waals surface area contributed by atoms with Crippen molar-refractivity contribution in [1.82, 2.24) is 9.97 Å². The van der Waals surface area contributed by atoms with E-state index in [1.54, 1.807) is 6.08 Å². The third kappa shape index (κ3) is 1.68. The lowest BCUT2D eigenvalue weighted by Gasteiger charge is -1.98. The first-order valence-corrected chi connectivity index (χ1v) is 3.52. The van der Waals surface area contributed by atoms with Crippen molar-refractivity contribution >= 4 is 23.5 Å². The van der Waals surface area contributed by atoms with Gasteiger partial charge in [-0.2, -0.15) is 0 Å². The molecule has 1 aromatic rings. The lowest BCUT2D eigenvalue weighted by molar-refractivity contribution is 1.17. The molecule has 0 aliphatic rings. The maximum Gasteiger partial charge on any atom is 0.141 e. The van der Waals surface area contributed by atoms with Crippen LogP contribution in [0.15, 0.2) is 12.4 Å². The fourth-order valence-corrected chi connectivity index (χ4v) is 0.911. The van der Waals surface area contributed by atoms with Crippen molar-refractivity contribution in [3.8, 4) is 0 Å². The van der Waals surface area contributed by atoms with Gasteiger partial charge in [0, 0.05) is 0 Å². The molecule has 1 rings (SSSR count). The summed E-state index contributed by atoms with van der Waals surface area (Å²) in [5.41, 5.74) is 6.20. The summed E-state index contributed by atoms with van der Waals surface area (Å²) in [7, 11) is 0. The summed E-state index contributed by atoms with van der Waals surface area (Å²) < 4.78 is 0. The Bertz CT molecular complexity index is 263. The van der Waals surface area contributed by atoms with Crippen molar-refractivity contribution in [1.29, 1.82) is 0 Å². The van der Waals surface area contributed by atoms with Gasteiger partial charge in [-0.1, -0.05) is 23.8 Å². The number of rotatable bonds is 1. The first-order valence-electron chi connectivity index (χ1n) is 3.14. The molecular weight excluding hydrogens is 162 g/mol. The summed E-state index contributed by atoms with van der Waals surface area (Å²) in [5, 5.41) is 0.385. The average molecular weight is 170 g/mol. The van der Waals surface area contributed by atoms with Gasteiger partial charge in [-0.05, 0) is 6.92 Å². The van der Waals surface area contributed by atoms with Crippen LogP contribution >= 0.6 is 11.6 Å². The van der Waals surface area contributed by atoms with Crippen molar-refractivity contribution in [2.45, 2.75) is 6.92 Å². The first kappa shape index (κ1) is 8.01. The second-order valence-electron chi connectivity index (χ2n) is 1.96. The van der Waals surface area contributed by atoms with Crippen LogP contribution < -0.4 is 5.73 Å². The third-order valence-corrected chi connectivity index (χ3v) is 1.50. The second-order valence-corrected chi connectivity index (χ2v) is 2.32. The highest BCUT2D eigenvalue weighted by atomic mass is 35.5. The fraction of sp³-hybridized carbons (Fsp3) is 0.143. The quantitative estimate of drug-likeness (QED) is 0.652. The molecule has 4 heteroatoms. The summed E-state index contributed by atoms with van der Waals surface area (Å²) in [6.45, 7) is 1.88. The molecule has 0 spiro atoms. The number of aromatic nitrogens is 2. The van der Waals surface area contributed by atoms with Gasteiger partial charge in [0.15, 0.2) is 0 Å². The number of anilines is 1. The van der Waals surface area contributed by atoms with Crippen LogP contribution in [-0.2, 0) is 0 Å². The first-order chi connectivity index (χ1) is 5.25. The van der Waals surface area contributed by atoms with Gasteiger partial charge in [-0.15, -0.1) is 0 Å². The van der Waals surface area contributed by atoms with Crippen LogP contribution in [0.3, 0.4) is 0 Å². The van der Waals surface area contributed by atoms with Crippen molar-refractivity contribution in [2.24, 2.45) is 0 Å². The molecule has 0 aliphatic carbocycles. The van der Waals surface area contributed by atoms with Gasteiger partial charge in [-0.25, -0.2) is 9.97 Å². The molecule has 0 amide bonds. The van der Waals surface area contributed by atoms with E-state index in [0.717, 1.165) is 0 Å². The minimum absolute atomic E-state index is 0.385. The van der Waals surface area contributed by atoms with Gasteiger partial charge in [0.25, 0.3) is 0 Å². The number of nitrogens with two attached hydrogens (primary N) is 1. The molecular formula is C7H8ClN3. The maximum atomic E-state index is 5.73. The minimum Gasteiger partial charge on any atom is -0.383 e. The van der Waals surface area contributed by atoms with Gasteiger partial charge in [0.1, 0.15) is 17.3 Å². The molecule has 58 valence electrons. The molecule has 3 nitrogen and oxygen atoms in total. The predicted octanol–water partition coefficient (Wildman–Crippen LogP) is 1.75. The topological polar surface area (TPSA) is 51.8 Å². The van der Waals surface area contributed by atoms with Crippen LogP contribution in [0.4, 0.5) is 5.82 Å². The molecule has 0 atom stereocenters. The van der Waals surface area contributed by atoms with E-state index in [9.17, 15) is 0 Å². The molecule has 1 aromatic heterocycles. The summed E-state index contributed by atoms with van der Waals surface area (Å²) in [6, 6.07) is 0. The standard InChI is InChI=1S/C7H8ClN3/c1-2-3-5-6(8)10-4-11-7(5)9/h2-4H,1H3,(H2,9,10,11)/b3-2+. The molecule has 0 fully saturated rings. The zero-order chi connectivity index (χ0) is 8.27. The van der Waals surface area contributed by atoms with Crippen LogP contribution in [0.1, 0.15) is 12.5 Å². The lowest BCUT2D eigenvalue weighted by atomic mass is 10.3.